The molecule has 8 heteroatoms. The van der Waals surface area contributed by atoms with Gasteiger partial charge in [-0.15, -0.1) is 0 Å². The standard InChI is InChI=1S/C21H25Cl2N3O3/c1-3-26(4-2)12-11-24-21(28)15-5-10-19(18(23)13-15)25-20(27)14-29-17-8-6-16(22)7-9-17/h5-10,13H,3-4,11-12,14H2,1-2H3,(H,24,28)(H,25,27). The maximum Gasteiger partial charge on any atom is 0.262 e. The molecule has 0 aliphatic rings. The van der Waals surface area contributed by atoms with Crippen molar-refractivity contribution < 1.29 is 14.3 Å². The summed E-state index contributed by atoms with van der Waals surface area (Å²) in [6.45, 7) is 7.21. The smallest absolute Gasteiger partial charge is 0.262 e. The molecule has 0 saturated heterocycles. The second kappa shape index (κ2) is 11.7. The summed E-state index contributed by atoms with van der Waals surface area (Å²) in [7, 11) is 0. The number of likely N-dealkylation sites (N-methyl/N-ethyl adjacent to an activating group) is 1. The summed E-state index contributed by atoms with van der Waals surface area (Å²) in [5.74, 6) is -0.0337. The second-order valence-corrected chi connectivity index (χ2v) is 7.11. The molecular weight excluding hydrogens is 413 g/mol. The van der Waals surface area contributed by atoms with Crippen LogP contribution in [0.2, 0.25) is 10.0 Å². The summed E-state index contributed by atoms with van der Waals surface area (Å²) in [5, 5.41) is 6.41. The minimum atomic E-state index is -0.363. The highest BCUT2D eigenvalue weighted by Gasteiger charge is 2.11. The molecule has 2 rings (SSSR count). The van der Waals surface area contributed by atoms with Crippen LogP contribution in [0.15, 0.2) is 42.5 Å². The summed E-state index contributed by atoms with van der Waals surface area (Å²) in [5.41, 5.74) is 0.848. The lowest BCUT2D eigenvalue weighted by atomic mass is 10.2. The Morgan fingerprint density at radius 1 is 1.03 bits per heavy atom. The van der Waals surface area contributed by atoms with Crippen LogP contribution in [0.4, 0.5) is 5.69 Å². The molecular formula is C21H25Cl2N3O3. The fourth-order valence-corrected chi connectivity index (χ4v) is 2.95. The van der Waals surface area contributed by atoms with Crippen LogP contribution >= 0.6 is 23.2 Å². The molecule has 0 unspecified atom stereocenters. The fourth-order valence-electron chi connectivity index (χ4n) is 2.59. The molecule has 0 fully saturated rings. The molecule has 0 heterocycles. The molecule has 0 atom stereocenters. The van der Waals surface area contributed by atoms with E-state index in [4.69, 9.17) is 27.9 Å². The molecule has 6 nitrogen and oxygen atoms in total. The number of anilines is 1. The van der Waals surface area contributed by atoms with E-state index < -0.39 is 0 Å². The Labute approximate surface area is 181 Å². The largest absolute Gasteiger partial charge is 0.484 e. The zero-order valence-corrected chi connectivity index (χ0v) is 18.0. The van der Waals surface area contributed by atoms with Crippen LogP contribution in [0.25, 0.3) is 0 Å². The van der Waals surface area contributed by atoms with Crippen LogP contribution < -0.4 is 15.4 Å². The van der Waals surface area contributed by atoms with Crippen LogP contribution in [-0.4, -0.2) is 49.5 Å². The van der Waals surface area contributed by atoms with Crippen LogP contribution in [-0.2, 0) is 4.79 Å². The lowest BCUT2D eigenvalue weighted by Gasteiger charge is -2.18. The van der Waals surface area contributed by atoms with Gasteiger partial charge in [-0.25, -0.2) is 0 Å². The number of nitrogens with zero attached hydrogens (tertiary/aromatic N) is 1. The molecule has 0 saturated carbocycles. The van der Waals surface area contributed by atoms with E-state index in [9.17, 15) is 9.59 Å². The summed E-state index contributed by atoms with van der Waals surface area (Å²) in [6, 6.07) is 11.5. The van der Waals surface area contributed by atoms with Gasteiger partial charge in [-0.05, 0) is 55.6 Å². The maximum atomic E-state index is 12.3. The lowest BCUT2D eigenvalue weighted by Crippen LogP contribution is -2.34. The van der Waals surface area contributed by atoms with E-state index in [-0.39, 0.29) is 23.4 Å². The van der Waals surface area contributed by atoms with Crippen LogP contribution in [0.1, 0.15) is 24.2 Å². The second-order valence-electron chi connectivity index (χ2n) is 6.27. The van der Waals surface area contributed by atoms with Gasteiger partial charge in [0.2, 0.25) is 0 Å². The molecule has 0 aromatic heterocycles. The van der Waals surface area contributed by atoms with Gasteiger partial charge in [0.25, 0.3) is 11.8 Å². The summed E-state index contributed by atoms with van der Waals surface area (Å²) < 4.78 is 5.40. The Balaban J connectivity index is 1.85. The third kappa shape index (κ3) is 7.57. The van der Waals surface area contributed by atoms with E-state index in [2.05, 4.69) is 29.4 Å². The van der Waals surface area contributed by atoms with E-state index in [1.165, 1.54) is 6.07 Å². The Bertz CT molecular complexity index is 824. The Kier molecular flexibility index (Phi) is 9.25. The minimum Gasteiger partial charge on any atom is -0.484 e. The number of benzene rings is 2. The first-order chi connectivity index (χ1) is 13.9. The van der Waals surface area contributed by atoms with Gasteiger partial charge in [-0.1, -0.05) is 37.0 Å². The number of carbonyl (C=O) groups excluding carboxylic acids is 2. The predicted molar refractivity (Wildman–Crippen MR) is 117 cm³/mol. The first-order valence-corrected chi connectivity index (χ1v) is 10.2. The SMILES string of the molecule is CCN(CC)CCNC(=O)c1ccc(NC(=O)COc2ccc(Cl)cc2)c(Cl)c1. The zero-order valence-electron chi connectivity index (χ0n) is 16.5. The highest BCUT2D eigenvalue weighted by atomic mass is 35.5. The Morgan fingerprint density at radius 2 is 1.72 bits per heavy atom. The highest BCUT2D eigenvalue weighted by Crippen LogP contribution is 2.23. The monoisotopic (exact) mass is 437 g/mol. The van der Waals surface area contributed by atoms with E-state index in [0.29, 0.717) is 28.6 Å². The molecule has 2 aromatic carbocycles. The third-order valence-electron chi connectivity index (χ3n) is 4.30. The van der Waals surface area contributed by atoms with E-state index >= 15 is 0 Å². The molecule has 0 bridgehead atoms. The van der Waals surface area contributed by atoms with Gasteiger partial charge in [0, 0.05) is 23.7 Å². The van der Waals surface area contributed by atoms with Crippen molar-refractivity contribution >= 4 is 40.7 Å². The summed E-state index contributed by atoms with van der Waals surface area (Å²) in [6.07, 6.45) is 0. The van der Waals surface area contributed by atoms with Gasteiger partial charge in [-0.2, -0.15) is 0 Å². The van der Waals surface area contributed by atoms with E-state index in [1.807, 2.05) is 0 Å². The first-order valence-electron chi connectivity index (χ1n) is 9.41. The average molecular weight is 438 g/mol. The molecule has 0 aliphatic carbocycles. The first kappa shape index (κ1) is 23.0. The van der Waals surface area contributed by atoms with Gasteiger partial charge in [0.05, 0.1) is 10.7 Å². The minimum absolute atomic E-state index is 0.175. The van der Waals surface area contributed by atoms with Crippen molar-refractivity contribution in [1.29, 1.82) is 0 Å². The molecule has 29 heavy (non-hydrogen) atoms. The summed E-state index contributed by atoms with van der Waals surface area (Å²) in [4.78, 5) is 26.6. The van der Waals surface area contributed by atoms with Gasteiger partial charge >= 0.3 is 0 Å². The predicted octanol–water partition coefficient (Wildman–Crippen LogP) is 4.08. The van der Waals surface area contributed by atoms with Crippen LogP contribution in [0.3, 0.4) is 0 Å². The number of amides is 2. The Morgan fingerprint density at radius 3 is 2.34 bits per heavy atom. The van der Waals surface area contributed by atoms with Crippen molar-refractivity contribution in [2.75, 3.05) is 38.1 Å². The number of ether oxygens (including phenoxy) is 1. The number of rotatable bonds is 10. The van der Waals surface area contributed by atoms with Crippen molar-refractivity contribution in [2.45, 2.75) is 13.8 Å². The van der Waals surface area contributed by atoms with Crippen molar-refractivity contribution in [3.63, 3.8) is 0 Å². The molecule has 0 radical (unpaired) electrons. The molecule has 0 aliphatic heterocycles. The summed E-state index contributed by atoms with van der Waals surface area (Å²) >= 11 is 12.0. The topological polar surface area (TPSA) is 70.7 Å². The van der Waals surface area contributed by atoms with Gasteiger partial charge in [0.15, 0.2) is 6.61 Å². The normalized spacial score (nSPS) is 10.7. The molecule has 156 valence electrons. The highest BCUT2D eigenvalue weighted by molar-refractivity contribution is 6.34. The van der Waals surface area contributed by atoms with E-state index in [0.717, 1.165) is 19.6 Å². The molecule has 0 spiro atoms. The van der Waals surface area contributed by atoms with Crippen molar-refractivity contribution in [3.05, 3.63) is 58.1 Å². The van der Waals surface area contributed by atoms with Gasteiger partial charge < -0.3 is 20.3 Å². The van der Waals surface area contributed by atoms with Gasteiger partial charge in [0.1, 0.15) is 5.75 Å². The molecule has 2 aromatic rings. The number of halogens is 2. The van der Waals surface area contributed by atoms with Crippen molar-refractivity contribution in [1.82, 2.24) is 10.2 Å². The molecule has 2 amide bonds. The number of nitrogens with one attached hydrogen (secondary N) is 2. The molecule has 2 N–H and O–H groups in total. The Hall–Kier alpha value is -2.28. The van der Waals surface area contributed by atoms with E-state index in [1.54, 1.807) is 36.4 Å². The number of hydrogen-bond donors (Lipinski definition) is 2. The lowest BCUT2D eigenvalue weighted by molar-refractivity contribution is -0.118. The third-order valence-corrected chi connectivity index (χ3v) is 4.86. The quantitative estimate of drug-likeness (QED) is 0.587. The van der Waals surface area contributed by atoms with Crippen molar-refractivity contribution in [3.8, 4) is 5.75 Å². The maximum absolute atomic E-state index is 12.3. The fraction of sp³-hybridized carbons (Fsp3) is 0.333. The van der Waals surface area contributed by atoms with Crippen molar-refractivity contribution in [2.24, 2.45) is 0 Å². The zero-order chi connectivity index (χ0) is 21.2. The number of carbonyl (C=O) groups is 2. The average Bonchev–Trinajstić information content (AvgIpc) is 2.72. The van der Waals surface area contributed by atoms with Crippen LogP contribution in [0.5, 0.6) is 5.75 Å². The number of hydrogen-bond acceptors (Lipinski definition) is 4. The van der Waals surface area contributed by atoms with Crippen LogP contribution in [0, 0.1) is 0 Å². The van der Waals surface area contributed by atoms with Gasteiger partial charge in [-0.3, -0.25) is 9.59 Å².